The molecular weight excluding hydrogens is 324 g/mol. The Morgan fingerprint density at radius 3 is 2.84 bits per heavy atom. The van der Waals surface area contributed by atoms with Crippen molar-refractivity contribution >= 4 is 17.5 Å². The molecule has 7 nitrogen and oxygen atoms in total. The van der Waals surface area contributed by atoms with Crippen molar-refractivity contribution in [1.82, 2.24) is 5.32 Å². The second-order valence-electron chi connectivity index (χ2n) is 5.76. The second kappa shape index (κ2) is 6.35. The minimum atomic E-state index is -0.257. The third-order valence-electron chi connectivity index (χ3n) is 3.93. The van der Waals surface area contributed by atoms with Crippen LogP contribution in [0.25, 0.3) is 0 Å². The fraction of sp³-hybridized carbons (Fsp3) is 0.222. The molecule has 128 valence electrons. The van der Waals surface area contributed by atoms with E-state index >= 15 is 0 Å². The van der Waals surface area contributed by atoms with Crippen molar-refractivity contribution in [2.45, 2.75) is 6.10 Å². The zero-order valence-electron chi connectivity index (χ0n) is 13.3. The molecule has 0 radical (unpaired) electrons. The molecule has 0 saturated heterocycles. The summed E-state index contributed by atoms with van der Waals surface area (Å²) in [5.74, 6) is 1.41. The third kappa shape index (κ3) is 3.21. The van der Waals surface area contributed by atoms with Crippen molar-refractivity contribution in [2.24, 2.45) is 0 Å². The number of rotatable bonds is 3. The number of ether oxygens (including phenoxy) is 3. The monoisotopic (exact) mass is 340 g/mol. The maximum atomic E-state index is 12.3. The predicted molar refractivity (Wildman–Crippen MR) is 89.3 cm³/mol. The van der Waals surface area contributed by atoms with Crippen molar-refractivity contribution in [2.75, 3.05) is 25.1 Å². The number of carbonyl (C=O) groups excluding carboxylic acids is 2. The predicted octanol–water partition coefficient (Wildman–Crippen LogP) is 1.59. The van der Waals surface area contributed by atoms with Gasteiger partial charge in [-0.1, -0.05) is 12.1 Å². The number of hydrogen-bond donors (Lipinski definition) is 2. The number of carbonyl (C=O) groups is 2. The lowest BCUT2D eigenvalue weighted by molar-refractivity contribution is -0.118. The average Bonchev–Trinajstić information content (AvgIpc) is 2.65. The lowest BCUT2D eigenvalue weighted by atomic mass is 10.1. The summed E-state index contributed by atoms with van der Waals surface area (Å²) in [5, 5.41) is 5.52. The summed E-state index contributed by atoms with van der Waals surface area (Å²) < 4.78 is 16.8. The Labute approximate surface area is 143 Å². The van der Waals surface area contributed by atoms with E-state index in [0.717, 1.165) is 0 Å². The van der Waals surface area contributed by atoms with Crippen LogP contribution < -0.4 is 24.8 Å². The quantitative estimate of drug-likeness (QED) is 0.886. The number of hydrogen-bond acceptors (Lipinski definition) is 5. The maximum absolute atomic E-state index is 12.3. The molecular formula is C18H16N2O5. The summed E-state index contributed by atoms with van der Waals surface area (Å²) in [6.45, 7) is 0.642. The van der Waals surface area contributed by atoms with E-state index in [2.05, 4.69) is 10.6 Å². The molecule has 0 bridgehead atoms. The third-order valence-corrected chi connectivity index (χ3v) is 3.93. The molecule has 25 heavy (non-hydrogen) atoms. The van der Waals surface area contributed by atoms with E-state index in [1.807, 2.05) is 24.3 Å². The van der Waals surface area contributed by atoms with Gasteiger partial charge in [0, 0.05) is 5.56 Å². The first-order valence-corrected chi connectivity index (χ1v) is 7.92. The Bertz CT molecular complexity index is 836. The normalized spacial score (nSPS) is 17.8. The molecule has 7 heteroatoms. The number of nitrogens with one attached hydrogen (secondary N) is 2. The Morgan fingerprint density at radius 2 is 1.96 bits per heavy atom. The van der Waals surface area contributed by atoms with E-state index in [1.54, 1.807) is 18.2 Å². The number of para-hydroxylation sites is 2. The minimum absolute atomic E-state index is 0.0509. The van der Waals surface area contributed by atoms with Crippen LogP contribution in [-0.4, -0.2) is 37.7 Å². The highest BCUT2D eigenvalue weighted by atomic mass is 16.6. The van der Waals surface area contributed by atoms with Crippen LogP contribution in [-0.2, 0) is 4.79 Å². The molecule has 2 aliphatic heterocycles. The highest BCUT2D eigenvalue weighted by Gasteiger charge is 2.22. The van der Waals surface area contributed by atoms with E-state index in [9.17, 15) is 9.59 Å². The van der Waals surface area contributed by atoms with Crippen molar-refractivity contribution in [3.8, 4) is 17.2 Å². The number of benzene rings is 2. The van der Waals surface area contributed by atoms with Crippen LogP contribution in [0.1, 0.15) is 10.4 Å². The highest BCUT2D eigenvalue weighted by Crippen LogP contribution is 2.31. The van der Waals surface area contributed by atoms with Crippen LogP contribution in [0.2, 0.25) is 0 Å². The lowest BCUT2D eigenvalue weighted by Gasteiger charge is -2.26. The van der Waals surface area contributed by atoms with Gasteiger partial charge in [0.1, 0.15) is 18.5 Å². The molecule has 2 amide bonds. The molecule has 0 fully saturated rings. The van der Waals surface area contributed by atoms with Gasteiger partial charge in [-0.15, -0.1) is 0 Å². The Hall–Kier alpha value is -3.22. The van der Waals surface area contributed by atoms with Gasteiger partial charge in [-0.2, -0.15) is 0 Å². The van der Waals surface area contributed by atoms with Crippen molar-refractivity contribution < 1.29 is 23.8 Å². The van der Waals surface area contributed by atoms with Gasteiger partial charge in [0.25, 0.3) is 11.8 Å². The van der Waals surface area contributed by atoms with E-state index in [0.29, 0.717) is 41.7 Å². The van der Waals surface area contributed by atoms with Gasteiger partial charge in [0.05, 0.1) is 12.2 Å². The van der Waals surface area contributed by atoms with Crippen LogP contribution >= 0.6 is 0 Å². The summed E-state index contributed by atoms with van der Waals surface area (Å²) in [6, 6.07) is 12.3. The molecule has 1 unspecified atom stereocenters. The zero-order valence-corrected chi connectivity index (χ0v) is 13.3. The smallest absolute Gasteiger partial charge is 0.262 e. The van der Waals surface area contributed by atoms with E-state index in [-0.39, 0.29) is 24.5 Å². The van der Waals surface area contributed by atoms with Crippen LogP contribution in [0.3, 0.4) is 0 Å². The Balaban J connectivity index is 1.38. The van der Waals surface area contributed by atoms with E-state index in [1.165, 1.54) is 0 Å². The summed E-state index contributed by atoms with van der Waals surface area (Å²) in [4.78, 5) is 23.6. The molecule has 0 spiro atoms. The molecule has 1 atom stereocenters. The molecule has 2 heterocycles. The standard InChI is InChI=1S/C18H16N2O5/c21-17-10-24-16-7-11(5-6-13(16)20-17)18(22)19-8-12-9-23-14-3-1-2-4-15(14)25-12/h1-7,12H,8-10H2,(H,19,22)(H,20,21). The Morgan fingerprint density at radius 1 is 1.12 bits per heavy atom. The minimum Gasteiger partial charge on any atom is -0.486 e. The van der Waals surface area contributed by atoms with E-state index < -0.39 is 0 Å². The Kier molecular flexibility index (Phi) is 3.89. The van der Waals surface area contributed by atoms with Crippen molar-refractivity contribution in [3.63, 3.8) is 0 Å². The zero-order chi connectivity index (χ0) is 17.2. The number of amides is 2. The topological polar surface area (TPSA) is 85.9 Å². The van der Waals surface area contributed by atoms with Gasteiger partial charge in [-0.3, -0.25) is 9.59 Å². The first kappa shape index (κ1) is 15.3. The lowest BCUT2D eigenvalue weighted by Crippen LogP contribution is -2.40. The van der Waals surface area contributed by atoms with Crippen LogP contribution in [0.5, 0.6) is 17.2 Å². The summed E-state index contributed by atoms with van der Waals surface area (Å²) >= 11 is 0. The molecule has 2 aromatic rings. The molecule has 2 aromatic carbocycles. The largest absolute Gasteiger partial charge is 0.486 e. The summed E-state index contributed by atoms with van der Waals surface area (Å²) in [6.07, 6.45) is -0.257. The van der Waals surface area contributed by atoms with Crippen molar-refractivity contribution in [1.29, 1.82) is 0 Å². The first-order valence-electron chi connectivity index (χ1n) is 7.92. The SMILES string of the molecule is O=C1COc2cc(C(=O)NCC3COc4ccccc4O3)ccc2N1. The number of anilines is 1. The fourth-order valence-electron chi connectivity index (χ4n) is 2.69. The fourth-order valence-corrected chi connectivity index (χ4v) is 2.69. The molecule has 0 aromatic heterocycles. The van der Waals surface area contributed by atoms with Crippen LogP contribution in [0.4, 0.5) is 5.69 Å². The molecule has 2 N–H and O–H groups in total. The molecule has 2 aliphatic rings. The van der Waals surface area contributed by atoms with Gasteiger partial charge in [-0.25, -0.2) is 0 Å². The van der Waals surface area contributed by atoms with Gasteiger partial charge in [0.15, 0.2) is 18.1 Å². The average molecular weight is 340 g/mol. The molecule has 4 rings (SSSR count). The van der Waals surface area contributed by atoms with Gasteiger partial charge in [0.2, 0.25) is 0 Å². The molecule has 0 aliphatic carbocycles. The van der Waals surface area contributed by atoms with Gasteiger partial charge >= 0.3 is 0 Å². The summed E-state index contributed by atoms with van der Waals surface area (Å²) in [5.41, 5.74) is 1.01. The highest BCUT2D eigenvalue weighted by molar-refractivity contribution is 5.99. The van der Waals surface area contributed by atoms with Gasteiger partial charge in [-0.05, 0) is 30.3 Å². The van der Waals surface area contributed by atoms with Crippen LogP contribution in [0.15, 0.2) is 42.5 Å². The van der Waals surface area contributed by atoms with E-state index in [4.69, 9.17) is 14.2 Å². The van der Waals surface area contributed by atoms with Gasteiger partial charge < -0.3 is 24.8 Å². The summed E-state index contributed by atoms with van der Waals surface area (Å²) in [7, 11) is 0. The van der Waals surface area contributed by atoms with Crippen molar-refractivity contribution in [3.05, 3.63) is 48.0 Å². The molecule has 0 saturated carbocycles. The second-order valence-corrected chi connectivity index (χ2v) is 5.76. The van der Waals surface area contributed by atoms with Crippen LogP contribution in [0, 0.1) is 0 Å². The number of fused-ring (bicyclic) bond motifs is 2. The first-order chi connectivity index (χ1) is 12.2. The maximum Gasteiger partial charge on any atom is 0.262 e.